The van der Waals surface area contributed by atoms with Crippen LogP contribution in [-0.4, -0.2) is 0 Å². The molecule has 0 saturated carbocycles. The molecule has 12 aromatic rings. The monoisotopic (exact) mass is 796 g/mol. The van der Waals surface area contributed by atoms with E-state index in [1.165, 1.54) is 121 Å². The highest BCUT2D eigenvalue weighted by Gasteiger charge is 2.49. The van der Waals surface area contributed by atoms with Gasteiger partial charge in [0, 0.05) is 0 Å². The summed E-state index contributed by atoms with van der Waals surface area (Å²) < 4.78 is 0. The predicted octanol–water partition coefficient (Wildman–Crippen LogP) is 16.8. The minimum atomic E-state index is -0.602. The van der Waals surface area contributed by atoms with E-state index in [0.717, 1.165) is 0 Å². The molecule has 0 atom stereocenters. The summed E-state index contributed by atoms with van der Waals surface area (Å²) in [4.78, 5) is 0. The Balaban J connectivity index is 1.19. The second-order valence-electron chi connectivity index (χ2n) is 17.0. The summed E-state index contributed by atoms with van der Waals surface area (Å²) in [6.45, 7) is 0. The van der Waals surface area contributed by atoms with Gasteiger partial charge in [-0.2, -0.15) is 0 Å². The average Bonchev–Trinajstić information content (AvgIpc) is 3.69. The van der Waals surface area contributed by atoms with Crippen LogP contribution in [-0.2, 0) is 5.41 Å². The smallest absolute Gasteiger partial charge is 0.0622 e. The molecule has 0 bridgehead atoms. The fourth-order valence-electron chi connectivity index (χ4n) is 11.4. The van der Waals surface area contributed by atoms with Gasteiger partial charge in [0.15, 0.2) is 0 Å². The van der Waals surface area contributed by atoms with E-state index >= 15 is 0 Å². The molecule has 0 N–H and O–H groups in total. The molecule has 0 aromatic heterocycles. The fraction of sp³-hybridized carbons (Fsp3) is 0.0159. The first-order valence-electron chi connectivity index (χ1n) is 22.0. The largest absolute Gasteiger partial charge is 0.0725 e. The summed E-state index contributed by atoms with van der Waals surface area (Å²) in [6, 6.07) is 90.5. The molecule has 0 spiro atoms. The third-order valence-electron chi connectivity index (χ3n) is 13.9. The van der Waals surface area contributed by atoms with Crippen molar-refractivity contribution in [2.75, 3.05) is 0 Å². The summed E-state index contributed by atoms with van der Waals surface area (Å²) in [5, 5.41) is 12.7. The predicted molar refractivity (Wildman–Crippen MR) is 268 cm³/mol. The number of rotatable bonds is 5. The summed E-state index contributed by atoms with van der Waals surface area (Å²) in [7, 11) is 0. The third-order valence-corrected chi connectivity index (χ3v) is 13.9. The number of benzene rings is 12. The Hall–Kier alpha value is -8.06. The van der Waals surface area contributed by atoms with Crippen LogP contribution in [0.1, 0.15) is 22.3 Å². The minimum absolute atomic E-state index is 0.602. The lowest BCUT2D eigenvalue weighted by Gasteiger charge is -2.36. The lowest BCUT2D eigenvalue weighted by atomic mass is 9.65. The van der Waals surface area contributed by atoms with Crippen molar-refractivity contribution in [3.8, 4) is 44.5 Å². The van der Waals surface area contributed by atoms with Crippen LogP contribution in [0.4, 0.5) is 0 Å². The first-order valence-corrected chi connectivity index (χ1v) is 22.0. The maximum Gasteiger partial charge on any atom is 0.0725 e. The van der Waals surface area contributed by atoms with Gasteiger partial charge >= 0.3 is 0 Å². The van der Waals surface area contributed by atoms with E-state index < -0.39 is 5.41 Å². The maximum absolute atomic E-state index is 2.58. The van der Waals surface area contributed by atoms with Crippen molar-refractivity contribution in [2.45, 2.75) is 5.41 Å². The Morgan fingerprint density at radius 1 is 0.206 bits per heavy atom. The Morgan fingerprint density at radius 3 is 1.08 bits per heavy atom. The quantitative estimate of drug-likeness (QED) is 0.120. The second kappa shape index (κ2) is 14.0. The van der Waals surface area contributed by atoms with Gasteiger partial charge in [0.25, 0.3) is 0 Å². The van der Waals surface area contributed by atoms with Crippen LogP contribution in [0.25, 0.3) is 98.4 Å². The van der Waals surface area contributed by atoms with Crippen molar-refractivity contribution in [1.29, 1.82) is 0 Å². The number of hydrogen-bond acceptors (Lipinski definition) is 0. The first kappa shape index (κ1) is 35.7. The van der Waals surface area contributed by atoms with Crippen LogP contribution in [0.15, 0.2) is 243 Å². The van der Waals surface area contributed by atoms with E-state index in [1.807, 2.05) is 0 Å². The molecule has 0 saturated heterocycles. The summed E-state index contributed by atoms with van der Waals surface area (Å²) >= 11 is 0. The SMILES string of the molecule is c1ccc(-c2ccc(-c3c4ccccc4c(-c4cc5c(c6ccccc46)C(c4ccccc4)(c4ccccc4)c4c-5c5ccccc5c5ccccc45)c4ccccc34)cc2)cc1. The topological polar surface area (TPSA) is 0 Å². The molecular weight excluding hydrogens is 757 g/mol. The van der Waals surface area contributed by atoms with E-state index in [-0.39, 0.29) is 0 Å². The molecule has 63 heavy (non-hydrogen) atoms. The lowest BCUT2D eigenvalue weighted by molar-refractivity contribution is 0.783. The number of fused-ring (bicyclic) bond motifs is 12. The summed E-state index contributed by atoms with van der Waals surface area (Å²) in [5.41, 5.74) is 14.7. The van der Waals surface area contributed by atoms with Crippen molar-refractivity contribution in [3.63, 3.8) is 0 Å². The van der Waals surface area contributed by atoms with Crippen LogP contribution in [0, 0.1) is 0 Å². The van der Waals surface area contributed by atoms with Crippen LogP contribution in [0.5, 0.6) is 0 Å². The molecule has 0 heteroatoms. The van der Waals surface area contributed by atoms with Crippen molar-refractivity contribution in [2.24, 2.45) is 0 Å². The van der Waals surface area contributed by atoms with E-state index in [1.54, 1.807) is 0 Å². The summed E-state index contributed by atoms with van der Waals surface area (Å²) in [5.74, 6) is 0. The van der Waals surface area contributed by atoms with Gasteiger partial charge in [0.1, 0.15) is 0 Å². The van der Waals surface area contributed by atoms with E-state index in [4.69, 9.17) is 0 Å². The fourth-order valence-corrected chi connectivity index (χ4v) is 11.4. The van der Waals surface area contributed by atoms with Gasteiger partial charge in [0.2, 0.25) is 0 Å². The third kappa shape index (κ3) is 5.10. The van der Waals surface area contributed by atoms with Crippen LogP contribution >= 0.6 is 0 Å². The van der Waals surface area contributed by atoms with Gasteiger partial charge in [-0.05, 0) is 127 Å². The molecule has 0 unspecified atom stereocenters. The zero-order valence-corrected chi connectivity index (χ0v) is 34.6. The molecule has 0 aliphatic heterocycles. The second-order valence-corrected chi connectivity index (χ2v) is 17.0. The van der Waals surface area contributed by atoms with Gasteiger partial charge in [-0.15, -0.1) is 0 Å². The molecule has 0 fully saturated rings. The number of hydrogen-bond donors (Lipinski definition) is 0. The van der Waals surface area contributed by atoms with E-state index in [0.29, 0.717) is 0 Å². The Kier molecular flexibility index (Phi) is 7.92. The Morgan fingerprint density at radius 2 is 0.556 bits per heavy atom. The minimum Gasteiger partial charge on any atom is -0.0622 e. The van der Waals surface area contributed by atoms with Gasteiger partial charge < -0.3 is 0 Å². The molecule has 292 valence electrons. The highest BCUT2D eigenvalue weighted by Crippen LogP contribution is 2.63. The summed E-state index contributed by atoms with van der Waals surface area (Å²) in [6.07, 6.45) is 0. The van der Waals surface area contributed by atoms with Crippen LogP contribution in [0.2, 0.25) is 0 Å². The van der Waals surface area contributed by atoms with Gasteiger partial charge in [0.05, 0.1) is 5.41 Å². The molecule has 13 rings (SSSR count). The standard InChI is InChI=1S/C63H40/c1-4-20-41(21-5-1)42-36-38-43(39-37-42)58-50-30-14-16-32-52(50)59(53-33-17-15-31-51(53)58)56-40-57-60-49-29-13-10-26-46(49)47-27-11-19-35-55(47)62(60)63(44-22-6-2-7-23-44,45-24-8-3-9-25-45)61(57)54-34-18-12-28-48(54)56/h1-40H. The van der Waals surface area contributed by atoms with Gasteiger partial charge in [-0.1, -0.05) is 237 Å². The van der Waals surface area contributed by atoms with Crippen molar-refractivity contribution in [1.82, 2.24) is 0 Å². The lowest BCUT2D eigenvalue weighted by Crippen LogP contribution is -2.29. The van der Waals surface area contributed by atoms with Gasteiger partial charge in [-0.3, -0.25) is 0 Å². The van der Waals surface area contributed by atoms with Crippen LogP contribution < -0.4 is 0 Å². The van der Waals surface area contributed by atoms with Crippen molar-refractivity contribution in [3.05, 3.63) is 265 Å². The Bertz CT molecular complexity index is 3650. The molecule has 1 aliphatic carbocycles. The van der Waals surface area contributed by atoms with Gasteiger partial charge in [-0.25, -0.2) is 0 Å². The molecular formula is C63H40. The van der Waals surface area contributed by atoms with Crippen molar-refractivity contribution >= 4 is 53.9 Å². The first-order chi connectivity index (χ1) is 31.3. The molecule has 0 radical (unpaired) electrons. The Labute approximate surface area is 367 Å². The molecule has 0 nitrogen and oxygen atoms in total. The molecule has 0 heterocycles. The van der Waals surface area contributed by atoms with E-state index in [9.17, 15) is 0 Å². The normalized spacial score (nSPS) is 12.9. The van der Waals surface area contributed by atoms with E-state index in [2.05, 4.69) is 243 Å². The zero-order valence-electron chi connectivity index (χ0n) is 34.6. The average molecular weight is 797 g/mol. The zero-order chi connectivity index (χ0) is 41.5. The highest BCUT2D eigenvalue weighted by molar-refractivity contribution is 6.26. The van der Waals surface area contributed by atoms with Crippen LogP contribution in [0.3, 0.4) is 0 Å². The maximum atomic E-state index is 2.58. The molecule has 12 aromatic carbocycles. The molecule has 0 amide bonds. The highest BCUT2D eigenvalue weighted by atomic mass is 14.5. The van der Waals surface area contributed by atoms with Crippen molar-refractivity contribution < 1.29 is 0 Å². The molecule has 1 aliphatic rings.